The summed E-state index contributed by atoms with van der Waals surface area (Å²) in [7, 11) is 0. The molecule has 0 atom stereocenters. The van der Waals surface area contributed by atoms with Crippen molar-refractivity contribution in [1.82, 2.24) is 5.32 Å². The maximum absolute atomic E-state index is 6.15. The number of nitrogens with one attached hydrogen (secondary N) is 1. The molecule has 0 heterocycles. The molecular formula is C22H20ClNOS. The van der Waals surface area contributed by atoms with Crippen molar-refractivity contribution >= 4 is 28.8 Å². The van der Waals surface area contributed by atoms with E-state index in [0.717, 1.165) is 21.9 Å². The van der Waals surface area contributed by atoms with Gasteiger partial charge in [0.25, 0.3) is 0 Å². The molecule has 0 amide bonds. The first-order valence-corrected chi connectivity index (χ1v) is 9.20. The molecule has 3 aromatic carbocycles. The van der Waals surface area contributed by atoms with E-state index in [1.807, 2.05) is 48.5 Å². The number of aryl methyl sites for hydroxylation is 1. The Balaban J connectivity index is 1.54. The van der Waals surface area contributed by atoms with Gasteiger partial charge < -0.3 is 10.1 Å². The Morgan fingerprint density at radius 1 is 0.962 bits per heavy atom. The van der Waals surface area contributed by atoms with Gasteiger partial charge >= 0.3 is 0 Å². The van der Waals surface area contributed by atoms with E-state index in [2.05, 4.69) is 36.5 Å². The Morgan fingerprint density at radius 3 is 2.35 bits per heavy atom. The number of ether oxygens (including phenoxy) is 1. The van der Waals surface area contributed by atoms with Crippen molar-refractivity contribution in [3.8, 4) is 5.75 Å². The van der Waals surface area contributed by atoms with Crippen LogP contribution in [0.4, 0.5) is 0 Å². The summed E-state index contributed by atoms with van der Waals surface area (Å²) in [6, 6.07) is 23.9. The van der Waals surface area contributed by atoms with Gasteiger partial charge in [-0.25, -0.2) is 0 Å². The average Bonchev–Trinajstić information content (AvgIpc) is 2.67. The minimum atomic E-state index is 0.440. The van der Waals surface area contributed by atoms with Crippen molar-refractivity contribution in [3.63, 3.8) is 0 Å². The SMILES string of the molecule is Cc1ccc(CNC(=S)c2ccc(OCc3ccccc3Cl)cc2)cc1. The number of benzene rings is 3. The van der Waals surface area contributed by atoms with E-state index >= 15 is 0 Å². The molecular weight excluding hydrogens is 362 g/mol. The monoisotopic (exact) mass is 381 g/mol. The average molecular weight is 382 g/mol. The highest BCUT2D eigenvalue weighted by atomic mass is 35.5. The van der Waals surface area contributed by atoms with Gasteiger partial charge in [0.15, 0.2) is 0 Å². The molecule has 0 spiro atoms. The third kappa shape index (κ3) is 5.07. The largest absolute Gasteiger partial charge is 0.489 e. The summed E-state index contributed by atoms with van der Waals surface area (Å²) >= 11 is 11.6. The fraction of sp³-hybridized carbons (Fsp3) is 0.136. The Kier molecular flexibility index (Phi) is 6.26. The molecule has 3 aromatic rings. The van der Waals surface area contributed by atoms with E-state index in [0.29, 0.717) is 18.2 Å². The predicted octanol–water partition coefficient (Wildman–Crippen LogP) is 5.69. The summed E-state index contributed by atoms with van der Waals surface area (Å²) in [5, 5.41) is 4.01. The Morgan fingerprint density at radius 2 is 1.65 bits per heavy atom. The second-order valence-electron chi connectivity index (χ2n) is 6.07. The van der Waals surface area contributed by atoms with Crippen LogP contribution in [0.25, 0.3) is 0 Å². The minimum absolute atomic E-state index is 0.440. The Hall–Kier alpha value is -2.36. The molecule has 2 nitrogen and oxygen atoms in total. The highest BCUT2D eigenvalue weighted by molar-refractivity contribution is 7.80. The summed E-state index contributed by atoms with van der Waals surface area (Å²) in [6.07, 6.45) is 0. The molecule has 3 rings (SSSR count). The Bertz CT molecular complexity index is 875. The zero-order valence-corrected chi connectivity index (χ0v) is 16.1. The molecule has 1 N–H and O–H groups in total. The first kappa shape index (κ1) is 18.4. The minimum Gasteiger partial charge on any atom is -0.489 e. The fourth-order valence-electron chi connectivity index (χ4n) is 2.47. The second-order valence-corrected chi connectivity index (χ2v) is 6.89. The lowest BCUT2D eigenvalue weighted by atomic mass is 10.1. The van der Waals surface area contributed by atoms with E-state index in [1.54, 1.807) is 0 Å². The van der Waals surface area contributed by atoms with Crippen LogP contribution >= 0.6 is 23.8 Å². The molecule has 0 aliphatic carbocycles. The van der Waals surface area contributed by atoms with Gasteiger partial charge in [0.1, 0.15) is 17.3 Å². The summed E-state index contributed by atoms with van der Waals surface area (Å²) < 4.78 is 5.80. The predicted molar refractivity (Wildman–Crippen MR) is 112 cm³/mol. The molecule has 4 heteroatoms. The van der Waals surface area contributed by atoms with E-state index in [-0.39, 0.29) is 0 Å². The van der Waals surface area contributed by atoms with Crippen LogP contribution in [0.3, 0.4) is 0 Å². The van der Waals surface area contributed by atoms with Crippen molar-refractivity contribution < 1.29 is 4.74 Å². The summed E-state index contributed by atoms with van der Waals surface area (Å²) in [5.74, 6) is 0.787. The third-order valence-corrected chi connectivity index (χ3v) is 4.79. The normalized spacial score (nSPS) is 10.4. The fourth-order valence-corrected chi connectivity index (χ4v) is 2.87. The van der Waals surface area contributed by atoms with Crippen LogP contribution in [-0.2, 0) is 13.2 Å². The molecule has 0 radical (unpaired) electrons. The Labute approximate surface area is 164 Å². The van der Waals surface area contributed by atoms with Crippen molar-refractivity contribution in [2.45, 2.75) is 20.1 Å². The number of hydrogen-bond donors (Lipinski definition) is 1. The number of halogens is 1. The van der Waals surface area contributed by atoms with E-state index in [9.17, 15) is 0 Å². The van der Waals surface area contributed by atoms with Gasteiger partial charge in [0.05, 0.1) is 0 Å². The maximum Gasteiger partial charge on any atom is 0.119 e. The molecule has 0 aliphatic heterocycles. The van der Waals surface area contributed by atoms with E-state index in [1.165, 1.54) is 11.1 Å². The summed E-state index contributed by atoms with van der Waals surface area (Å²) in [4.78, 5) is 0.725. The first-order chi connectivity index (χ1) is 12.6. The molecule has 0 aromatic heterocycles. The lowest BCUT2D eigenvalue weighted by Crippen LogP contribution is -2.21. The van der Waals surface area contributed by atoms with Crippen molar-refractivity contribution in [3.05, 3.63) is 100 Å². The highest BCUT2D eigenvalue weighted by Crippen LogP contribution is 2.19. The van der Waals surface area contributed by atoms with Gasteiger partial charge in [-0.2, -0.15) is 0 Å². The topological polar surface area (TPSA) is 21.3 Å². The van der Waals surface area contributed by atoms with Crippen LogP contribution in [0.5, 0.6) is 5.75 Å². The molecule has 0 unspecified atom stereocenters. The van der Waals surface area contributed by atoms with E-state index < -0.39 is 0 Å². The molecule has 0 saturated carbocycles. The molecule has 0 bridgehead atoms. The summed E-state index contributed by atoms with van der Waals surface area (Å²) in [5.41, 5.74) is 4.40. The van der Waals surface area contributed by atoms with Crippen LogP contribution in [0.2, 0.25) is 5.02 Å². The quantitative estimate of drug-likeness (QED) is 0.554. The second kappa shape index (κ2) is 8.84. The molecule has 132 valence electrons. The zero-order valence-electron chi connectivity index (χ0n) is 14.5. The van der Waals surface area contributed by atoms with E-state index in [4.69, 9.17) is 28.6 Å². The number of rotatable bonds is 6. The van der Waals surface area contributed by atoms with Crippen LogP contribution in [0.15, 0.2) is 72.8 Å². The van der Waals surface area contributed by atoms with Gasteiger partial charge in [-0.05, 0) is 42.8 Å². The maximum atomic E-state index is 6.15. The van der Waals surface area contributed by atoms with Crippen LogP contribution in [0.1, 0.15) is 22.3 Å². The van der Waals surface area contributed by atoms with Gasteiger partial charge in [0.2, 0.25) is 0 Å². The number of thiocarbonyl (C=S) groups is 1. The van der Waals surface area contributed by atoms with Crippen molar-refractivity contribution in [1.29, 1.82) is 0 Å². The van der Waals surface area contributed by atoms with Crippen LogP contribution < -0.4 is 10.1 Å². The molecule has 0 fully saturated rings. The zero-order chi connectivity index (χ0) is 18.4. The first-order valence-electron chi connectivity index (χ1n) is 8.42. The van der Waals surface area contributed by atoms with Gasteiger partial charge in [-0.1, -0.05) is 71.8 Å². The molecule has 26 heavy (non-hydrogen) atoms. The van der Waals surface area contributed by atoms with Gasteiger partial charge in [-0.15, -0.1) is 0 Å². The van der Waals surface area contributed by atoms with Crippen molar-refractivity contribution in [2.24, 2.45) is 0 Å². The molecule has 0 aliphatic rings. The lowest BCUT2D eigenvalue weighted by molar-refractivity contribution is 0.306. The lowest BCUT2D eigenvalue weighted by Gasteiger charge is -2.11. The van der Waals surface area contributed by atoms with Crippen molar-refractivity contribution in [2.75, 3.05) is 0 Å². The van der Waals surface area contributed by atoms with Crippen LogP contribution in [0, 0.1) is 6.92 Å². The summed E-state index contributed by atoms with van der Waals surface area (Å²) in [6.45, 7) is 3.23. The standard InChI is InChI=1S/C22H20ClNOS/c1-16-6-8-17(9-7-16)14-24-22(26)18-10-12-20(13-11-18)25-15-19-4-2-3-5-21(19)23/h2-13H,14-15H2,1H3,(H,24,26). The smallest absolute Gasteiger partial charge is 0.119 e. The highest BCUT2D eigenvalue weighted by Gasteiger charge is 2.04. The van der Waals surface area contributed by atoms with Gasteiger partial charge in [0, 0.05) is 22.7 Å². The molecule has 0 saturated heterocycles. The third-order valence-electron chi connectivity index (χ3n) is 4.04. The number of hydrogen-bond acceptors (Lipinski definition) is 2. The van der Waals surface area contributed by atoms with Crippen LogP contribution in [-0.4, -0.2) is 4.99 Å². The van der Waals surface area contributed by atoms with Gasteiger partial charge in [-0.3, -0.25) is 0 Å².